The van der Waals surface area contributed by atoms with Gasteiger partial charge in [0.05, 0.1) is 0 Å². The summed E-state index contributed by atoms with van der Waals surface area (Å²) < 4.78 is 4.92. The van der Waals surface area contributed by atoms with E-state index in [2.05, 4.69) is 10.6 Å². The summed E-state index contributed by atoms with van der Waals surface area (Å²) in [5.74, 6) is -0.0174. The maximum atomic E-state index is 11.4. The Kier molecular flexibility index (Phi) is 4.18. The van der Waals surface area contributed by atoms with Gasteiger partial charge in [0.25, 0.3) is 0 Å². The van der Waals surface area contributed by atoms with Crippen molar-refractivity contribution in [1.29, 1.82) is 0 Å². The summed E-state index contributed by atoms with van der Waals surface area (Å²) in [5, 5.41) is 6.18. The molecular formula is C9H18N2O2. The van der Waals surface area contributed by atoms with Crippen LogP contribution in [0.25, 0.3) is 0 Å². The summed E-state index contributed by atoms with van der Waals surface area (Å²) in [6.07, 6.45) is 1.85. The zero-order chi connectivity index (χ0) is 9.68. The van der Waals surface area contributed by atoms with Crippen LogP contribution in [0.2, 0.25) is 0 Å². The Morgan fingerprint density at radius 3 is 3.00 bits per heavy atom. The zero-order valence-electron chi connectivity index (χ0n) is 8.30. The molecular weight excluding hydrogens is 168 g/mol. The number of hydrogen-bond acceptors (Lipinski definition) is 3. The smallest absolute Gasteiger partial charge is 0.249 e. The molecule has 1 aliphatic rings. The first-order valence-electron chi connectivity index (χ1n) is 4.78. The third kappa shape index (κ3) is 3.32. The summed E-state index contributed by atoms with van der Waals surface area (Å²) >= 11 is 0. The van der Waals surface area contributed by atoms with E-state index < -0.39 is 0 Å². The van der Waals surface area contributed by atoms with E-state index in [0.717, 1.165) is 25.9 Å². The van der Waals surface area contributed by atoms with Crippen LogP contribution < -0.4 is 10.6 Å². The van der Waals surface area contributed by atoms with Crippen LogP contribution in [-0.2, 0) is 9.53 Å². The van der Waals surface area contributed by atoms with Crippen molar-refractivity contribution in [2.45, 2.75) is 31.9 Å². The van der Waals surface area contributed by atoms with E-state index in [-0.39, 0.29) is 18.1 Å². The summed E-state index contributed by atoms with van der Waals surface area (Å²) in [6.45, 7) is 3.69. The quantitative estimate of drug-likeness (QED) is 0.646. The van der Waals surface area contributed by atoms with Crippen molar-refractivity contribution in [3.8, 4) is 0 Å². The van der Waals surface area contributed by atoms with Crippen molar-refractivity contribution in [3.05, 3.63) is 0 Å². The van der Waals surface area contributed by atoms with Gasteiger partial charge in [-0.25, -0.2) is 0 Å². The molecule has 2 N–H and O–H groups in total. The average Bonchev–Trinajstić information content (AvgIpc) is 2.18. The molecule has 1 heterocycles. The fourth-order valence-corrected chi connectivity index (χ4v) is 1.40. The molecule has 0 bridgehead atoms. The molecule has 4 heteroatoms. The molecule has 0 spiro atoms. The monoisotopic (exact) mass is 186 g/mol. The minimum absolute atomic E-state index is 0.0174. The highest BCUT2D eigenvalue weighted by Gasteiger charge is 2.18. The molecule has 0 radical (unpaired) electrons. The van der Waals surface area contributed by atoms with Gasteiger partial charge >= 0.3 is 0 Å². The minimum atomic E-state index is -0.345. The Balaban J connectivity index is 2.26. The molecule has 1 fully saturated rings. The standard InChI is InChI=1S/C9H18N2O2/c1-7(13-2)9(12)11-8-4-3-5-10-6-8/h7-8,10H,3-6H2,1-2H3,(H,11,12)/t7?,8-/m0/s1. The van der Waals surface area contributed by atoms with E-state index in [1.807, 2.05) is 0 Å². The van der Waals surface area contributed by atoms with Crippen LogP contribution >= 0.6 is 0 Å². The Morgan fingerprint density at radius 2 is 2.46 bits per heavy atom. The summed E-state index contributed by atoms with van der Waals surface area (Å²) in [7, 11) is 1.55. The van der Waals surface area contributed by atoms with Crippen LogP contribution in [0.5, 0.6) is 0 Å². The van der Waals surface area contributed by atoms with Gasteiger partial charge in [-0.05, 0) is 26.3 Å². The number of methoxy groups -OCH3 is 1. The molecule has 1 rings (SSSR count). The van der Waals surface area contributed by atoms with E-state index in [1.165, 1.54) is 0 Å². The lowest BCUT2D eigenvalue weighted by Crippen LogP contribution is -2.48. The number of carbonyl (C=O) groups excluding carboxylic acids is 1. The van der Waals surface area contributed by atoms with E-state index in [1.54, 1.807) is 14.0 Å². The number of rotatable bonds is 3. The van der Waals surface area contributed by atoms with E-state index >= 15 is 0 Å². The molecule has 0 saturated carbocycles. The van der Waals surface area contributed by atoms with Gasteiger partial charge in [0.1, 0.15) is 6.10 Å². The molecule has 4 nitrogen and oxygen atoms in total. The molecule has 0 aromatic rings. The molecule has 1 saturated heterocycles. The van der Waals surface area contributed by atoms with Crippen LogP contribution in [0.3, 0.4) is 0 Å². The van der Waals surface area contributed by atoms with Crippen molar-refractivity contribution in [1.82, 2.24) is 10.6 Å². The second kappa shape index (κ2) is 5.19. The maximum Gasteiger partial charge on any atom is 0.249 e. The van der Waals surface area contributed by atoms with Gasteiger partial charge in [0.2, 0.25) is 5.91 Å². The SMILES string of the molecule is COC(C)C(=O)N[C@H]1CCCNC1. The van der Waals surface area contributed by atoms with E-state index in [4.69, 9.17) is 4.74 Å². The normalized spacial score (nSPS) is 25.2. The van der Waals surface area contributed by atoms with Crippen LogP contribution in [0.15, 0.2) is 0 Å². The molecule has 0 aliphatic carbocycles. The molecule has 1 amide bonds. The predicted octanol–water partition coefficient (Wildman–Crippen LogP) is -0.110. The van der Waals surface area contributed by atoms with Crippen molar-refractivity contribution in [3.63, 3.8) is 0 Å². The highest BCUT2D eigenvalue weighted by Crippen LogP contribution is 2.01. The largest absolute Gasteiger partial charge is 0.372 e. The number of piperidine rings is 1. The number of ether oxygens (including phenoxy) is 1. The first-order valence-corrected chi connectivity index (χ1v) is 4.78. The van der Waals surface area contributed by atoms with Gasteiger partial charge < -0.3 is 15.4 Å². The number of amides is 1. The zero-order valence-corrected chi connectivity index (χ0v) is 8.30. The van der Waals surface area contributed by atoms with Crippen LogP contribution in [-0.4, -0.2) is 38.3 Å². The lowest BCUT2D eigenvalue weighted by molar-refractivity contribution is -0.130. The summed E-state index contributed by atoms with van der Waals surface area (Å²) in [6, 6.07) is 0.277. The Morgan fingerprint density at radius 1 is 1.69 bits per heavy atom. The Labute approximate surface area is 79.0 Å². The minimum Gasteiger partial charge on any atom is -0.372 e. The second-order valence-electron chi connectivity index (χ2n) is 3.43. The Bertz CT molecular complexity index is 167. The predicted molar refractivity (Wildman–Crippen MR) is 50.5 cm³/mol. The van der Waals surface area contributed by atoms with Gasteiger partial charge in [-0.1, -0.05) is 0 Å². The highest BCUT2D eigenvalue weighted by molar-refractivity contribution is 5.80. The van der Waals surface area contributed by atoms with E-state index in [0.29, 0.717) is 0 Å². The lowest BCUT2D eigenvalue weighted by atomic mass is 10.1. The summed E-state index contributed by atoms with van der Waals surface area (Å²) in [5.41, 5.74) is 0. The molecule has 0 aromatic heterocycles. The molecule has 76 valence electrons. The third-order valence-electron chi connectivity index (χ3n) is 2.37. The first-order chi connectivity index (χ1) is 6.24. The topological polar surface area (TPSA) is 50.4 Å². The van der Waals surface area contributed by atoms with Crippen molar-refractivity contribution in [2.75, 3.05) is 20.2 Å². The average molecular weight is 186 g/mol. The van der Waals surface area contributed by atoms with E-state index in [9.17, 15) is 4.79 Å². The highest BCUT2D eigenvalue weighted by atomic mass is 16.5. The Hall–Kier alpha value is -0.610. The first kappa shape index (κ1) is 10.5. The van der Waals surface area contributed by atoms with Crippen LogP contribution in [0, 0.1) is 0 Å². The molecule has 0 aromatic carbocycles. The van der Waals surface area contributed by atoms with Crippen molar-refractivity contribution in [2.24, 2.45) is 0 Å². The molecule has 2 atom stereocenters. The fraction of sp³-hybridized carbons (Fsp3) is 0.889. The van der Waals surface area contributed by atoms with Crippen LogP contribution in [0.1, 0.15) is 19.8 Å². The molecule has 13 heavy (non-hydrogen) atoms. The molecule has 1 aliphatic heterocycles. The van der Waals surface area contributed by atoms with Crippen molar-refractivity contribution >= 4 is 5.91 Å². The van der Waals surface area contributed by atoms with Gasteiger partial charge in [-0.2, -0.15) is 0 Å². The van der Waals surface area contributed by atoms with Gasteiger partial charge in [-0.15, -0.1) is 0 Å². The second-order valence-corrected chi connectivity index (χ2v) is 3.43. The maximum absolute atomic E-state index is 11.4. The van der Waals surface area contributed by atoms with Gasteiger partial charge in [0, 0.05) is 19.7 Å². The molecule has 1 unspecified atom stereocenters. The fourth-order valence-electron chi connectivity index (χ4n) is 1.40. The number of nitrogens with one attached hydrogen (secondary N) is 2. The summed E-state index contributed by atoms with van der Waals surface area (Å²) in [4.78, 5) is 11.4. The number of hydrogen-bond donors (Lipinski definition) is 2. The third-order valence-corrected chi connectivity index (χ3v) is 2.37. The van der Waals surface area contributed by atoms with Crippen molar-refractivity contribution < 1.29 is 9.53 Å². The van der Waals surface area contributed by atoms with Gasteiger partial charge in [-0.3, -0.25) is 4.79 Å². The lowest BCUT2D eigenvalue weighted by Gasteiger charge is -2.24. The van der Waals surface area contributed by atoms with Crippen LogP contribution in [0.4, 0.5) is 0 Å². The number of carbonyl (C=O) groups is 1. The van der Waals surface area contributed by atoms with Gasteiger partial charge in [0.15, 0.2) is 0 Å².